The van der Waals surface area contributed by atoms with E-state index in [-0.39, 0.29) is 12.5 Å². The van der Waals surface area contributed by atoms with Crippen LogP contribution in [0.5, 0.6) is 5.75 Å². The number of hydrogen-bond donors (Lipinski definition) is 2. The Bertz CT molecular complexity index is 929. The second-order valence-electron chi connectivity index (χ2n) is 6.20. The number of anilines is 2. The molecule has 3 aromatic carbocycles. The van der Waals surface area contributed by atoms with E-state index in [1.165, 1.54) is 0 Å². The summed E-state index contributed by atoms with van der Waals surface area (Å²) in [5.41, 5.74) is 2.59. The molecule has 0 saturated carbocycles. The van der Waals surface area contributed by atoms with Crippen LogP contribution in [0, 0.1) is 0 Å². The minimum Gasteiger partial charge on any atom is -0.489 e. The lowest BCUT2D eigenvalue weighted by Crippen LogP contribution is -2.21. The number of benzene rings is 3. The summed E-state index contributed by atoms with van der Waals surface area (Å²) in [6.45, 7) is 6.36. The van der Waals surface area contributed by atoms with Crippen molar-refractivity contribution in [1.29, 1.82) is 0 Å². The molecule has 0 bridgehead atoms. The highest BCUT2D eigenvalue weighted by atomic mass is 16.5. The minimum atomic E-state index is -0.116. The smallest absolute Gasteiger partial charge is 0.243 e. The van der Waals surface area contributed by atoms with Gasteiger partial charge in [0.05, 0.1) is 6.54 Å². The minimum absolute atomic E-state index is 0.116. The number of fused-ring (bicyclic) bond motifs is 1. The van der Waals surface area contributed by atoms with Crippen LogP contribution >= 0.6 is 0 Å². The summed E-state index contributed by atoms with van der Waals surface area (Å²) in [7, 11) is 0. The van der Waals surface area contributed by atoms with Gasteiger partial charge < -0.3 is 15.4 Å². The Balaban J connectivity index is 1.60. The summed E-state index contributed by atoms with van der Waals surface area (Å²) in [5, 5.41) is 8.33. The molecule has 0 aromatic heterocycles. The maximum absolute atomic E-state index is 12.3. The zero-order chi connectivity index (χ0) is 18.4. The first-order valence-corrected chi connectivity index (χ1v) is 8.50. The maximum Gasteiger partial charge on any atom is 0.243 e. The Morgan fingerprint density at radius 1 is 1.04 bits per heavy atom. The van der Waals surface area contributed by atoms with Crippen LogP contribution in [0.1, 0.15) is 6.92 Å². The SMILES string of the molecule is C=C(C)COc1cccc(NC(=O)CNc2cccc3ccccc23)c1. The summed E-state index contributed by atoms with van der Waals surface area (Å²) in [5.74, 6) is 0.586. The molecule has 1 amide bonds. The van der Waals surface area contributed by atoms with Gasteiger partial charge >= 0.3 is 0 Å². The lowest BCUT2D eigenvalue weighted by atomic mass is 10.1. The van der Waals surface area contributed by atoms with Gasteiger partial charge in [-0.3, -0.25) is 4.79 Å². The number of nitrogens with one attached hydrogen (secondary N) is 2. The average Bonchev–Trinajstić information content (AvgIpc) is 2.65. The van der Waals surface area contributed by atoms with Gasteiger partial charge in [-0.1, -0.05) is 49.0 Å². The molecule has 0 aliphatic heterocycles. The van der Waals surface area contributed by atoms with Crippen molar-refractivity contribution in [3.05, 3.63) is 78.9 Å². The summed E-state index contributed by atoms with van der Waals surface area (Å²) in [4.78, 5) is 12.3. The van der Waals surface area contributed by atoms with Crippen LogP contribution in [0.4, 0.5) is 11.4 Å². The zero-order valence-corrected chi connectivity index (χ0v) is 14.8. The van der Waals surface area contributed by atoms with Gasteiger partial charge in [-0.05, 0) is 36.1 Å². The van der Waals surface area contributed by atoms with Crippen LogP contribution in [0.15, 0.2) is 78.9 Å². The largest absolute Gasteiger partial charge is 0.489 e. The van der Waals surface area contributed by atoms with Crippen LogP contribution < -0.4 is 15.4 Å². The Kier molecular flexibility index (Phi) is 5.54. The average molecular weight is 346 g/mol. The molecule has 0 saturated heterocycles. The number of rotatable bonds is 7. The van der Waals surface area contributed by atoms with Gasteiger partial charge in [0.2, 0.25) is 5.91 Å². The molecule has 2 N–H and O–H groups in total. The molecular weight excluding hydrogens is 324 g/mol. The van der Waals surface area contributed by atoms with E-state index in [9.17, 15) is 4.79 Å². The predicted octanol–water partition coefficient (Wildman–Crippen LogP) is 4.85. The van der Waals surface area contributed by atoms with Crippen molar-refractivity contribution in [3.63, 3.8) is 0 Å². The number of carbonyl (C=O) groups is 1. The Morgan fingerprint density at radius 2 is 1.81 bits per heavy atom. The third-order valence-corrected chi connectivity index (χ3v) is 3.83. The monoisotopic (exact) mass is 346 g/mol. The van der Waals surface area contributed by atoms with E-state index in [1.54, 1.807) is 6.07 Å². The van der Waals surface area contributed by atoms with Crippen molar-refractivity contribution in [2.45, 2.75) is 6.92 Å². The second-order valence-corrected chi connectivity index (χ2v) is 6.20. The van der Waals surface area contributed by atoms with Crippen molar-refractivity contribution in [3.8, 4) is 5.75 Å². The fraction of sp³-hybridized carbons (Fsp3) is 0.136. The summed E-state index contributed by atoms with van der Waals surface area (Å²) in [6.07, 6.45) is 0. The van der Waals surface area contributed by atoms with Gasteiger partial charge in [0, 0.05) is 22.8 Å². The number of amides is 1. The van der Waals surface area contributed by atoms with Crippen molar-refractivity contribution in [1.82, 2.24) is 0 Å². The van der Waals surface area contributed by atoms with E-state index >= 15 is 0 Å². The fourth-order valence-electron chi connectivity index (χ4n) is 2.63. The van der Waals surface area contributed by atoms with Gasteiger partial charge in [0.15, 0.2) is 0 Å². The van der Waals surface area contributed by atoms with Crippen LogP contribution in [0.2, 0.25) is 0 Å². The molecule has 0 radical (unpaired) electrons. The number of ether oxygens (including phenoxy) is 1. The van der Waals surface area contributed by atoms with E-state index in [2.05, 4.69) is 29.3 Å². The Labute approximate surface area is 153 Å². The molecule has 0 spiro atoms. The highest BCUT2D eigenvalue weighted by Crippen LogP contribution is 2.23. The molecule has 3 aromatic rings. The first-order valence-electron chi connectivity index (χ1n) is 8.50. The molecule has 0 heterocycles. The first-order chi connectivity index (χ1) is 12.6. The zero-order valence-electron chi connectivity index (χ0n) is 14.8. The van der Waals surface area contributed by atoms with E-state index in [1.807, 2.05) is 55.5 Å². The van der Waals surface area contributed by atoms with Crippen molar-refractivity contribution >= 4 is 28.1 Å². The Morgan fingerprint density at radius 3 is 2.65 bits per heavy atom. The van der Waals surface area contributed by atoms with Gasteiger partial charge in [-0.15, -0.1) is 0 Å². The third-order valence-electron chi connectivity index (χ3n) is 3.83. The van der Waals surface area contributed by atoms with Gasteiger partial charge in [0.25, 0.3) is 0 Å². The molecule has 26 heavy (non-hydrogen) atoms. The predicted molar refractivity (Wildman–Crippen MR) is 108 cm³/mol. The molecule has 0 unspecified atom stereocenters. The van der Waals surface area contributed by atoms with Crippen molar-refractivity contribution < 1.29 is 9.53 Å². The number of hydrogen-bond acceptors (Lipinski definition) is 3. The summed E-state index contributed by atoms with van der Waals surface area (Å²) in [6, 6.07) is 21.4. The molecule has 0 aliphatic rings. The topological polar surface area (TPSA) is 50.4 Å². The van der Waals surface area contributed by atoms with Crippen molar-refractivity contribution in [2.24, 2.45) is 0 Å². The second kappa shape index (κ2) is 8.21. The lowest BCUT2D eigenvalue weighted by Gasteiger charge is -2.11. The molecule has 3 rings (SSSR count). The quantitative estimate of drug-likeness (QED) is 0.602. The van der Waals surface area contributed by atoms with Gasteiger partial charge in [-0.25, -0.2) is 0 Å². The molecule has 4 nitrogen and oxygen atoms in total. The normalized spacial score (nSPS) is 10.3. The van der Waals surface area contributed by atoms with E-state index in [4.69, 9.17) is 4.74 Å². The third kappa shape index (κ3) is 4.63. The van der Waals surface area contributed by atoms with Crippen LogP contribution in [0.25, 0.3) is 10.8 Å². The molecule has 132 valence electrons. The van der Waals surface area contributed by atoms with Crippen LogP contribution in [0.3, 0.4) is 0 Å². The van der Waals surface area contributed by atoms with Crippen molar-refractivity contribution in [2.75, 3.05) is 23.8 Å². The first kappa shape index (κ1) is 17.5. The van der Waals surface area contributed by atoms with Crippen LogP contribution in [-0.4, -0.2) is 19.1 Å². The lowest BCUT2D eigenvalue weighted by molar-refractivity contribution is -0.114. The number of carbonyl (C=O) groups excluding carboxylic acids is 1. The van der Waals surface area contributed by atoms with Crippen LogP contribution in [-0.2, 0) is 4.79 Å². The highest BCUT2D eigenvalue weighted by Gasteiger charge is 2.05. The van der Waals surface area contributed by atoms with Gasteiger partial charge in [-0.2, -0.15) is 0 Å². The van der Waals surface area contributed by atoms with Gasteiger partial charge in [0.1, 0.15) is 12.4 Å². The van der Waals surface area contributed by atoms with E-state index in [0.29, 0.717) is 18.0 Å². The molecular formula is C22H22N2O2. The highest BCUT2D eigenvalue weighted by molar-refractivity contribution is 5.98. The molecule has 4 heteroatoms. The molecule has 0 fully saturated rings. The fourth-order valence-corrected chi connectivity index (χ4v) is 2.63. The Hall–Kier alpha value is -3.27. The molecule has 0 aliphatic carbocycles. The summed E-state index contributed by atoms with van der Waals surface area (Å²) < 4.78 is 5.60. The van der Waals surface area contributed by atoms with E-state index in [0.717, 1.165) is 22.0 Å². The molecule has 0 atom stereocenters. The standard InChI is InChI=1S/C22H22N2O2/c1-16(2)15-26-19-10-6-9-18(13-19)24-22(25)14-23-21-12-5-8-17-7-3-4-11-20(17)21/h3-13,23H,1,14-15H2,2H3,(H,24,25). The van der Waals surface area contributed by atoms with E-state index < -0.39 is 0 Å². The summed E-state index contributed by atoms with van der Waals surface area (Å²) >= 11 is 0. The maximum atomic E-state index is 12.3.